The van der Waals surface area contributed by atoms with E-state index in [-0.39, 0.29) is 36.3 Å². The van der Waals surface area contributed by atoms with Crippen LogP contribution in [0, 0.1) is 0 Å². The Morgan fingerprint density at radius 1 is 1.10 bits per heavy atom. The molecule has 1 aliphatic carbocycles. The van der Waals surface area contributed by atoms with Gasteiger partial charge in [0.15, 0.2) is 5.13 Å². The molecule has 0 atom stereocenters. The molecule has 2 N–H and O–H groups in total. The lowest BCUT2D eigenvalue weighted by Gasteiger charge is -2.50. The lowest BCUT2D eigenvalue weighted by atomic mass is 9.87. The van der Waals surface area contributed by atoms with Crippen molar-refractivity contribution in [3.63, 3.8) is 0 Å². The molecule has 30 heavy (non-hydrogen) atoms. The second-order valence-electron chi connectivity index (χ2n) is 8.27. The maximum atomic E-state index is 13.0. The smallest absolute Gasteiger partial charge is 0.259 e. The van der Waals surface area contributed by atoms with Crippen LogP contribution in [0.25, 0.3) is 0 Å². The van der Waals surface area contributed by atoms with Gasteiger partial charge in [0.2, 0.25) is 0 Å². The standard InChI is InChI=1S/C21H26N4O2S.2ClH/c22-19-23-16(14-28-19)6-11-24-12-9-20(10-13-24)15-25(17-4-2-1-3-5-17)18(26)21(27-20)7-8-21;;/h1-5,14H,6-13,15H2,(H2,22,23);2*1H. The Hall–Kier alpha value is -1.38. The molecule has 1 saturated carbocycles. The predicted molar refractivity (Wildman–Crippen MR) is 125 cm³/mol. The molecule has 1 amide bonds. The fourth-order valence-electron chi connectivity index (χ4n) is 4.50. The first-order valence-corrected chi connectivity index (χ1v) is 11.0. The number of nitrogen functional groups attached to an aromatic ring is 1. The second-order valence-corrected chi connectivity index (χ2v) is 9.16. The summed E-state index contributed by atoms with van der Waals surface area (Å²) < 4.78 is 6.55. The molecule has 5 rings (SSSR count). The maximum Gasteiger partial charge on any atom is 0.259 e. The van der Waals surface area contributed by atoms with E-state index in [1.54, 1.807) is 0 Å². The number of carbonyl (C=O) groups excluding carboxylic acids is 1. The summed E-state index contributed by atoms with van der Waals surface area (Å²) >= 11 is 1.50. The summed E-state index contributed by atoms with van der Waals surface area (Å²) in [4.78, 5) is 21.8. The van der Waals surface area contributed by atoms with E-state index in [4.69, 9.17) is 10.5 Å². The summed E-state index contributed by atoms with van der Waals surface area (Å²) in [5.41, 5.74) is 7.02. The number of ether oxygens (including phenoxy) is 1. The van der Waals surface area contributed by atoms with Crippen LogP contribution >= 0.6 is 36.2 Å². The van der Waals surface area contributed by atoms with Gasteiger partial charge in [0.1, 0.15) is 5.60 Å². The van der Waals surface area contributed by atoms with Gasteiger partial charge in [0.25, 0.3) is 5.91 Å². The number of benzene rings is 1. The van der Waals surface area contributed by atoms with Crippen LogP contribution in [0.1, 0.15) is 31.4 Å². The molecule has 9 heteroatoms. The largest absolute Gasteiger partial charge is 0.375 e. The Morgan fingerprint density at radius 3 is 2.40 bits per heavy atom. The van der Waals surface area contributed by atoms with E-state index in [1.807, 2.05) is 40.6 Å². The van der Waals surface area contributed by atoms with Crippen LogP contribution in [-0.2, 0) is 16.0 Å². The number of amides is 1. The van der Waals surface area contributed by atoms with Crippen molar-refractivity contribution in [2.45, 2.75) is 43.3 Å². The zero-order valence-electron chi connectivity index (χ0n) is 16.8. The Bertz CT molecular complexity index is 867. The van der Waals surface area contributed by atoms with Gasteiger partial charge in [0, 0.05) is 37.1 Å². The quantitative estimate of drug-likeness (QED) is 0.739. The Labute approximate surface area is 193 Å². The number of nitrogens with zero attached hydrogens (tertiary/aromatic N) is 3. The van der Waals surface area contributed by atoms with Crippen molar-refractivity contribution in [1.82, 2.24) is 9.88 Å². The number of para-hydroxylation sites is 1. The third-order valence-corrected chi connectivity index (χ3v) is 7.01. The highest BCUT2D eigenvalue weighted by atomic mass is 35.5. The molecule has 2 aliphatic heterocycles. The van der Waals surface area contributed by atoms with Gasteiger partial charge in [-0.15, -0.1) is 36.2 Å². The van der Waals surface area contributed by atoms with E-state index in [0.717, 1.165) is 63.1 Å². The van der Waals surface area contributed by atoms with Crippen LogP contribution < -0.4 is 10.6 Å². The number of morpholine rings is 1. The lowest BCUT2D eigenvalue weighted by Crippen LogP contribution is -2.63. The third-order valence-electron chi connectivity index (χ3n) is 6.29. The number of carbonyl (C=O) groups is 1. The molecule has 3 fully saturated rings. The molecule has 6 nitrogen and oxygen atoms in total. The second kappa shape index (κ2) is 9.01. The molecule has 164 valence electrons. The summed E-state index contributed by atoms with van der Waals surface area (Å²) in [7, 11) is 0. The van der Waals surface area contributed by atoms with Crippen LogP contribution in [0.5, 0.6) is 0 Å². The number of rotatable bonds is 4. The van der Waals surface area contributed by atoms with Crippen molar-refractivity contribution in [3.05, 3.63) is 41.4 Å². The molecule has 0 radical (unpaired) electrons. The molecule has 1 aromatic heterocycles. The highest BCUT2D eigenvalue weighted by Crippen LogP contribution is 2.50. The van der Waals surface area contributed by atoms with Gasteiger partial charge in [-0.25, -0.2) is 4.98 Å². The first kappa shape index (κ1) is 23.3. The Kier molecular flexibility index (Phi) is 6.99. The lowest BCUT2D eigenvalue weighted by molar-refractivity contribution is -0.172. The molecular formula is C21H28Cl2N4O2S. The fraction of sp³-hybridized carbons (Fsp3) is 0.524. The number of aromatic nitrogens is 1. The zero-order chi connectivity index (χ0) is 19.2. The number of hydrogen-bond donors (Lipinski definition) is 1. The van der Waals surface area contributed by atoms with Crippen molar-refractivity contribution < 1.29 is 9.53 Å². The van der Waals surface area contributed by atoms with Gasteiger partial charge in [-0.3, -0.25) is 4.79 Å². The molecule has 0 bridgehead atoms. The topological polar surface area (TPSA) is 71.7 Å². The SMILES string of the molecule is Cl.Cl.Nc1nc(CCN2CCC3(CC2)CN(c2ccccc2)C(=O)C2(CC2)O3)cs1. The minimum atomic E-state index is -0.561. The van der Waals surface area contributed by atoms with Gasteiger partial charge in [-0.05, 0) is 37.8 Å². The molecule has 3 aliphatic rings. The average molecular weight is 471 g/mol. The number of halogens is 2. The number of hydrogen-bond acceptors (Lipinski definition) is 6. The van der Waals surface area contributed by atoms with Crippen molar-refractivity contribution >= 4 is 52.9 Å². The Balaban J connectivity index is 0.00000128. The Morgan fingerprint density at radius 2 is 1.80 bits per heavy atom. The van der Waals surface area contributed by atoms with Gasteiger partial charge in [0.05, 0.1) is 17.8 Å². The van der Waals surface area contributed by atoms with Gasteiger partial charge < -0.3 is 20.3 Å². The number of nitrogens with two attached hydrogens (primary N) is 1. The summed E-state index contributed by atoms with van der Waals surface area (Å²) in [6.07, 6.45) is 4.56. The van der Waals surface area contributed by atoms with E-state index in [1.165, 1.54) is 11.3 Å². The number of thiazole rings is 1. The minimum absolute atomic E-state index is 0. The van der Waals surface area contributed by atoms with E-state index in [9.17, 15) is 4.79 Å². The fourth-order valence-corrected chi connectivity index (χ4v) is 5.09. The van der Waals surface area contributed by atoms with E-state index in [0.29, 0.717) is 11.7 Å². The predicted octanol–water partition coefficient (Wildman–Crippen LogP) is 3.54. The molecule has 3 heterocycles. The molecule has 2 saturated heterocycles. The van der Waals surface area contributed by atoms with Crippen LogP contribution in [0.15, 0.2) is 35.7 Å². The van der Waals surface area contributed by atoms with E-state index in [2.05, 4.69) is 9.88 Å². The molecule has 2 aromatic rings. The number of likely N-dealkylation sites (tertiary alicyclic amines) is 1. The van der Waals surface area contributed by atoms with Crippen LogP contribution in [-0.4, -0.2) is 53.2 Å². The zero-order valence-corrected chi connectivity index (χ0v) is 19.2. The van der Waals surface area contributed by atoms with Gasteiger partial charge in [-0.1, -0.05) is 18.2 Å². The van der Waals surface area contributed by atoms with E-state index < -0.39 is 5.60 Å². The normalized spacial score (nSPS) is 21.9. The number of anilines is 2. The van der Waals surface area contributed by atoms with Gasteiger partial charge in [-0.2, -0.15) is 0 Å². The van der Waals surface area contributed by atoms with Crippen LogP contribution in [0.2, 0.25) is 0 Å². The first-order valence-electron chi connectivity index (χ1n) is 10.1. The summed E-state index contributed by atoms with van der Waals surface area (Å²) in [5.74, 6) is 0.146. The minimum Gasteiger partial charge on any atom is -0.375 e. The first-order chi connectivity index (χ1) is 13.6. The summed E-state index contributed by atoms with van der Waals surface area (Å²) in [6, 6.07) is 10.0. The van der Waals surface area contributed by atoms with Gasteiger partial charge >= 0.3 is 0 Å². The van der Waals surface area contributed by atoms with Crippen molar-refractivity contribution in [2.24, 2.45) is 0 Å². The number of piperidine rings is 1. The summed E-state index contributed by atoms with van der Waals surface area (Å²) in [5, 5.41) is 2.69. The van der Waals surface area contributed by atoms with Crippen molar-refractivity contribution in [3.8, 4) is 0 Å². The van der Waals surface area contributed by atoms with E-state index >= 15 is 0 Å². The third kappa shape index (κ3) is 4.46. The van der Waals surface area contributed by atoms with Crippen LogP contribution in [0.3, 0.4) is 0 Å². The highest BCUT2D eigenvalue weighted by molar-refractivity contribution is 7.13. The molecule has 1 aromatic carbocycles. The summed E-state index contributed by atoms with van der Waals surface area (Å²) in [6.45, 7) is 3.64. The van der Waals surface area contributed by atoms with Crippen molar-refractivity contribution in [1.29, 1.82) is 0 Å². The maximum absolute atomic E-state index is 13.0. The molecule has 2 spiro atoms. The molecular weight excluding hydrogens is 443 g/mol. The average Bonchev–Trinajstić information content (AvgIpc) is 3.36. The van der Waals surface area contributed by atoms with Crippen molar-refractivity contribution in [2.75, 3.05) is 36.8 Å². The van der Waals surface area contributed by atoms with Crippen LogP contribution in [0.4, 0.5) is 10.8 Å². The monoisotopic (exact) mass is 470 g/mol. The molecule has 0 unspecified atom stereocenters. The highest BCUT2D eigenvalue weighted by Gasteiger charge is 2.62.